The Morgan fingerprint density at radius 3 is 2.62 bits per heavy atom. The molecule has 0 saturated heterocycles. The van der Waals surface area contributed by atoms with Crippen LogP contribution >= 0.6 is 0 Å². The number of carbonyl (C=O) groups is 1. The summed E-state index contributed by atoms with van der Waals surface area (Å²) in [4.78, 5) is 22.7. The van der Waals surface area contributed by atoms with Crippen LogP contribution in [0.5, 0.6) is 5.75 Å². The number of benzene rings is 1. The summed E-state index contributed by atoms with van der Waals surface area (Å²) in [5, 5.41) is 13.8. The van der Waals surface area contributed by atoms with Gasteiger partial charge in [-0.15, -0.1) is 0 Å². The molecule has 2 rings (SSSR count). The molecule has 0 aromatic heterocycles. The third-order valence-corrected chi connectivity index (χ3v) is 3.88. The number of rotatable bonds is 6. The lowest BCUT2D eigenvalue weighted by Crippen LogP contribution is -2.36. The number of alkyl halides is 2. The molecule has 0 unspecified atom stereocenters. The Bertz CT molecular complexity index is 619. The van der Waals surface area contributed by atoms with Crippen molar-refractivity contribution in [1.82, 2.24) is 5.32 Å². The number of hydrogen-bond acceptors (Lipinski definition) is 5. The summed E-state index contributed by atoms with van der Waals surface area (Å²) in [6, 6.07) is 1.97. The molecule has 0 aliphatic heterocycles. The number of halogens is 2. The largest absolute Gasteiger partial charge is 0.487 e. The van der Waals surface area contributed by atoms with Crippen molar-refractivity contribution in [1.29, 1.82) is 0 Å². The molecule has 0 bridgehead atoms. The molecule has 1 amide bonds. The molecule has 132 valence electrons. The molecular formula is C15H19F2N3O4. The summed E-state index contributed by atoms with van der Waals surface area (Å²) < 4.78 is 29.6. The predicted molar refractivity (Wildman–Crippen MR) is 83.3 cm³/mol. The Morgan fingerprint density at radius 2 is 2.04 bits per heavy atom. The summed E-state index contributed by atoms with van der Waals surface area (Å²) in [6.45, 7) is -0.930. The van der Waals surface area contributed by atoms with E-state index in [-0.39, 0.29) is 23.0 Å². The zero-order valence-corrected chi connectivity index (χ0v) is 13.0. The van der Waals surface area contributed by atoms with E-state index in [9.17, 15) is 23.7 Å². The Labute approximate surface area is 137 Å². The maximum atomic E-state index is 12.4. The molecule has 1 aliphatic rings. The second kappa shape index (κ2) is 7.89. The summed E-state index contributed by atoms with van der Waals surface area (Å²) in [7, 11) is 0. The third kappa shape index (κ3) is 4.53. The maximum absolute atomic E-state index is 12.4. The predicted octanol–water partition coefficient (Wildman–Crippen LogP) is 2.88. The second-order valence-corrected chi connectivity index (χ2v) is 5.67. The van der Waals surface area contributed by atoms with Crippen molar-refractivity contribution < 1.29 is 23.2 Å². The molecule has 1 fully saturated rings. The number of nitrogen functional groups attached to an aromatic ring is 1. The number of hydrogen-bond donors (Lipinski definition) is 2. The molecule has 0 radical (unpaired) electrons. The molecular weight excluding hydrogens is 324 g/mol. The lowest BCUT2D eigenvalue weighted by molar-refractivity contribution is -0.383. The van der Waals surface area contributed by atoms with E-state index in [4.69, 9.17) is 10.5 Å². The van der Waals surface area contributed by atoms with Gasteiger partial charge < -0.3 is 15.8 Å². The summed E-state index contributed by atoms with van der Waals surface area (Å²) in [5.74, 6) is -0.777. The molecule has 1 aliphatic carbocycles. The van der Waals surface area contributed by atoms with Crippen molar-refractivity contribution in [3.63, 3.8) is 0 Å². The highest BCUT2D eigenvalue weighted by Crippen LogP contribution is 2.31. The Morgan fingerprint density at radius 1 is 1.38 bits per heavy atom. The van der Waals surface area contributed by atoms with Gasteiger partial charge in [0.2, 0.25) is 0 Å². The molecule has 1 aromatic carbocycles. The van der Waals surface area contributed by atoms with Crippen LogP contribution in [0.25, 0.3) is 0 Å². The summed E-state index contributed by atoms with van der Waals surface area (Å²) in [6.07, 6.45) is 1.97. The number of carbonyl (C=O) groups excluding carboxylic acids is 1. The van der Waals surface area contributed by atoms with Gasteiger partial charge in [-0.25, -0.2) is 8.78 Å². The van der Waals surface area contributed by atoms with Crippen molar-refractivity contribution >= 4 is 17.3 Å². The van der Waals surface area contributed by atoms with Gasteiger partial charge >= 0.3 is 0 Å². The monoisotopic (exact) mass is 343 g/mol. The van der Waals surface area contributed by atoms with E-state index in [2.05, 4.69) is 5.32 Å². The maximum Gasteiger partial charge on any atom is 0.293 e. The first-order valence-electron chi connectivity index (χ1n) is 7.68. The number of ether oxygens (including phenoxy) is 1. The number of nitro groups is 1. The highest BCUT2D eigenvalue weighted by Gasteiger charge is 2.24. The van der Waals surface area contributed by atoms with Crippen molar-refractivity contribution in [3.05, 3.63) is 27.8 Å². The van der Waals surface area contributed by atoms with Crippen LogP contribution < -0.4 is 15.8 Å². The molecule has 1 saturated carbocycles. The number of nitrogens with two attached hydrogens (primary N) is 1. The lowest BCUT2D eigenvalue weighted by Gasteiger charge is -2.23. The minimum atomic E-state index is -2.74. The van der Waals surface area contributed by atoms with E-state index in [0.717, 1.165) is 44.2 Å². The average molecular weight is 343 g/mol. The average Bonchev–Trinajstić information content (AvgIpc) is 2.53. The number of nitro benzene ring substituents is 1. The zero-order valence-electron chi connectivity index (χ0n) is 13.0. The SMILES string of the molecule is Nc1cc(OCC(F)F)c(C(=O)NC2CCCCC2)cc1[N+](=O)[O-]. The van der Waals surface area contributed by atoms with Gasteiger partial charge in [0.15, 0.2) is 0 Å². The van der Waals surface area contributed by atoms with Crippen LogP contribution in [0.3, 0.4) is 0 Å². The van der Waals surface area contributed by atoms with Crippen LogP contribution in [0.2, 0.25) is 0 Å². The highest BCUT2D eigenvalue weighted by atomic mass is 19.3. The molecule has 1 aromatic rings. The quantitative estimate of drug-likeness (QED) is 0.469. The van der Waals surface area contributed by atoms with Crippen LogP contribution in [0, 0.1) is 10.1 Å². The van der Waals surface area contributed by atoms with Gasteiger partial charge in [0.1, 0.15) is 18.0 Å². The van der Waals surface area contributed by atoms with E-state index in [1.54, 1.807) is 0 Å². The standard InChI is InChI=1S/C15H19F2N3O4/c16-14(17)8-24-13-7-11(18)12(20(22)23)6-10(13)15(21)19-9-4-2-1-3-5-9/h6-7,9,14H,1-5,8,18H2,(H,19,21). The van der Waals surface area contributed by atoms with E-state index in [1.165, 1.54) is 0 Å². The van der Waals surface area contributed by atoms with Crippen LogP contribution in [0.4, 0.5) is 20.2 Å². The molecule has 0 atom stereocenters. The van der Waals surface area contributed by atoms with Gasteiger partial charge in [0.05, 0.1) is 10.5 Å². The zero-order chi connectivity index (χ0) is 17.7. The van der Waals surface area contributed by atoms with Gasteiger partial charge in [-0.1, -0.05) is 19.3 Å². The van der Waals surface area contributed by atoms with Gasteiger partial charge in [0, 0.05) is 18.2 Å². The van der Waals surface area contributed by atoms with Gasteiger partial charge in [-0.05, 0) is 12.8 Å². The fraction of sp³-hybridized carbons (Fsp3) is 0.533. The van der Waals surface area contributed by atoms with Crippen LogP contribution in [0.1, 0.15) is 42.5 Å². The van der Waals surface area contributed by atoms with Crippen molar-refractivity contribution in [2.24, 2.45) is 0 Å². The fourth-order valence-electron chi connectivity index (χ4n) is 2.70. The molecule has 9 heteroatoms. The third-order valence-electron chi connectivity index (χ3n) is 3.88. The Kier molecular flexibility index (Phi) is 5.88. The van der Waals surface area contributed by atoms with E-state index in [0.29, 0.717) is 0 Å². The summed E-state index contributed by atoms with van der Waals surface area (Å²) in [5.41, 5.74) is 4.66. The molecule has 7 nitrogen and oxygen atoms in total. The minimum Gasteiger partial charge on any atom is -0.487 e. The van der Waals surface area contributed by atoms with Crippen molar-refractivity contribution in [3.8, 4) is 5.75 Å². The first-order chi connectivity index (χ1) is 11.4. The molecule has 3 N–H and O–H groups in total. The topological polar surface area (TPSA) is 107 Å². The molecule has 0 spiro atoms. The van der Waals surface area contributed by atoms with Crippen LogP contribution in [-0.2, 0) is 0 Å². The highest BCUT2D eigenvalue weighted by molar-refractivity contribution is 5.98. The lowest BCUT2D eigenvalue weighted by atomic mass is 9.95. The van der Waals surface area contributed by atoms with Crippen molar-refractivity contribution in [2.45, 2.75) is 44.6 Å². The van der Waals surface area contributed by atoms with E-state index in [1.807, 2.05) is 0 Å². The second-order valence-electron chi connectivity index (χ2n) is 5.67. The summed E-state index contributed by atoms with van der Waals surface area (Å²) >= 11 is 0. The van der Waals surface area contributed by atoms with Gasteiger partial charge in [-0.2, -0.15) is 0 Å². The van der Waals surface area contributed by atoms with Crippen LogP contribution in [-0.4, -0.2) is 29.9 Å². The van der Waals surface area contributed by atoms with Crippen LogP contribution in [0.15, 0.2) is 12.1 Å². The number of nitrogens with one attached hydrogen (secondary N) is 1. The molecule has 24 heavy (non-hydrogen) atoms. The van der Waals surface area contributed by atoms with E-state index >= 15 is 0 Å². The number of nitrogens with zero attached hydrogens (tertiary/aromatic N) is 1. The van der Waals surface area contributed by atoms with Gasteiger partial charge in [-0.3, -0.25) is 14.9 Å². The van der Waals surface area contributed by atoms with Gasteiger partial charge in [0.25, 0.3) is 18.0 Å². The van der Waals surface area contributed by atoms with Crippen molar-refractivity contribution in [2.75, 3.05) is 12.3 Å². The smallest absolute Gasteiger partial charge is 0.293 e. The number of amides is 1. The fourth-order valence-corrected chi connectivity index (χ4v) is 2.70. The Hall–Kier alpha value is -2.45. The first kappa shape index (κ1) is 17.9. The minimum absolute atomic E-state index is 0.0363. The number of anilines is 1. The molecule has 0 heterocycles. The Balaban J connectivity index is 2.27. The first-order valence-corrected chi connectivity index (χ1v) is 7.68. The normalized spacial score (nSPS) is 15.3. The van der Waals surface area contributed by atoms with E-state index < -0.39 is 29.6 Å².